The van der Waals surface area contributed by atoms with E-state index in [1.807, 2.05) is 6.07 Å². The summed E-state index contributed by atoms with van der Waals surface area (Å²) in [6.07, 6.45) is 1.07. The summed E-state index contributed by atoms with van der Waals surface area (Å²) in [5, 5.41) is 4.38. The molecule has 0 bridgehead atoms. The molecule has 0 saturated heterocycles. The molecule has 0 atom stereocenters. The molecule has 112 valence electrons. The first-order chi connectivity index (χ1) is 10.7. The van der Waals surface area contributed by atoms with Crippen LogP contribution in [0.25, 0.3) is 27.8 Å². The Morgan fingerprint density at radius 2 is 1.77 bits per heavy atom. The number of aryl methyl sites for hydroxylation is 1. The SMILES string of the molecule is C=C(NCCC)c1cc2cc(-c3ccc(C)cc3)ccc2o1. The molecule has 1 N–H and O–H groups in total. The molecular weight excluding hydrogens is 270 g/mol. The third-order valence-electron chi connectivity index (χ3n) is 3.79. The molecule has 22 heavy (non-hydrogen) atoms. The molecule has 3 rings (SSSR count). The lowest BCUT2D eigenvalue weighted by Crippen LogP contribution is -2.11. The molecule has 1 heterocycles. The molecule has 2 heteroatoms. The van der Waals surface area contributed by atoms with Gasteiger partial charge in [0.05, 0.1) is 5.70 Å². The summed E-state index contributed by atoms with van der Waals surface area (Å²) in [7, 11) is 0. The van der Waals surface area contributed by atoms with Crippen molar-refractivity contribution in [1.82, 2.24) is 5.32 Å². The minimum Gasteiger partial charge on any atom is -0.455 e. The predicted molar refractivity (Wildman–Crippen MR) is 93.7 cm³/mol. The third-order valence-corrected chi connectivity index (χ3v) is 3.79. The topological polar surface area (TPSA) is 25.2 Å². The number of benzene rings is 2. The number of fused-ring (bicyclic) bond motifs is 1. The van der Waals surface area contributed by atoms with Crippen LogP contribution in [0.4, 0.5) is 0 Å². The van der Waals surface area contributed by atoms with Gasteiger partial charge >= 0.3 is 0 Å². The van der Waals surface area contributed by atoms with E-state index in [1.54, 1.807) is 0 Å². The van der Waals surface area contributed by atoms with Gasteiger partial charge in [0, 0.05) is 11.9 Å². The van der Waals surface area contributed by atoms with E-state index in [-0.39, 0.29) is 0 Å². The zero-order chi connectivity index (χ0) is 15.5. The van der Waals surface area contributed by atoms with Crippen LogP contribution in [0.5, 0.6) is 0 Å². The molecule has 0 aliphatic rings. The van der Waals surface area contributed by atoms with Crippen molar-refractivity contribution in [3.8, 4) is 11.1 Å². The van der Waals surface area contributed by atoms with Gasteiger partial charge in [0.25, 0.3) is 0 Å². The summed E-state index contributed by atoms with van der Waals surface area (Å²) in [4.78, 5) is 0. The second-order valence-electron chi connectivity index (χ2n) is 5.63. The standard InChI is InChI=1S/C20H21NO/c1-4-11-21-15(3)20-13-18-12-17(9-10-19(18)22-20)16-7-5-14(2)6-8-16/h5-10,12-13,21H,3-4,11H2,1-2H3. The number of rotatable bonds is 5. The molecule has 0 saturated carbocycles. The fraction of sp³-hybridized carbons (Fsp3) is 0.200. The minimum absolute atomic E-state index is 0.810. The maximum Gasteiger partial charge on any atom is 0.150 e. The number of nitrogens with one attached hydrogen (secondary N) is 1. The quantitative estimate of drug-likeness (QED) is 0.683. The van der Waals surface area contributed by atoms with E-state index in [9.17, 15) is 0 Å². The van der Waals surface area contributed by atoms with E-state index in [0.29, 0.717) is 0 Å². The molecular formula is C20H21NO. The van der Waals surface area contributed by atoms with Crippen molar-refractivity contribution in [3.05, 3.63) is 66.4 Å². The van der Waals surface area contributed by atoms with Crippen LogP contribution in [0.1, 0.15) is 24.7 Å². The van der Waals surface area contributed by atoms with E-state index in [2.05, 4.69) is 68.2 Å². The maximum absolute atomic E-state index is 5.87. The lowest BCUT2D eigenvalue weighted by molar-refractivity contribution is 0.591. The zero-order valence-corrected chi connectivity index (χ0v) is 13.1. The predicted octanol–water partition coefficient (Wildman–Crippen LogP) is 5.38. The molecule has 0 spiro atoms. The second-order valence-corrected chi connectivity index (χ2v) is 5.63. The van der Waals surface area contributed by atoms with Crippen molar-refractivity contribution >= 4 is 16.7 Å². The Balaban J connectivity index is 1.93. The molecule has 0 aliphatic carbocycles. The van der Waals surface area contributed by atoms with Gasteiger partial charge in [-0.15, -0.1) is 0 Å². The summed E-state index contributed by atoms with van der Waals surface area (Å²) in [5.74, 6) is 0.810. The first-order valence-corrected chi connectivity index (χ1v) is 7.71. The Morgan fingerprint density at radius 1 is 1.05 bits per heavy atom. The van der Waals surface area contributed by atoms with Crippen molar-refractivity contribution in [2.45, 2.75) is 20.3 Å². The van der Waals surface area contributed by atoms with Crippen LogP contribution < -0.4 is 5.32 Å². The van der Waals surface area contributed by atoms with E-state index < -0.39 is 0 Å². The number of furan rings is 1. The van der Waals surface area contributed by atoms with Crippen LogP contribution in [-0.4, -0.2) is 6.54 Å². The summed E-state index contributed by atoms with van der Waals surface area (Å²) < 4.78 is 5.87. The van der Waals surface area contributed by atoms with Gasteiger partial charge in [0.2, 0.25) is 0 Å². The Morgan fingerprint density at radius 3 is 2.50 bits per heavy atom. The third kappa shape index (κ3) is 2.91. The molecule has 0 fully saturated rings. The fourth-order valence-corrected chi connectivity index (χ4v) is 2.48. The van der Waals surface area contributed by atoms with Crippen LogP contribution in [0.2, 0.25) is 0 Å². The number of hydrogen-bond donors (Lipinski definition) is 1. The van der Waals surface area contributed by atoms with Crippen molar-refractivity contribution in [2.75, 3.05) is 6.54 Å². The Kier molecular flexibility index (Phi) is 4.01. The molecule has 2 aromatic carbocycles. The summed E-state index contributed by atoms with van der Waals surface area (Å²) >= 11 is 0. The van der Waals surface area contributed by atoms with Crippen LogP contribution in [0.3, 0.4) is 0 Å². The van der Waals surface area contributed by atoms with Crippen molar-refractivity contribution in [3.63, 3.8) is 0 Å². The van der Waals surface area contributed by atoms with Crippen LogP contribution in [0.15, 0.2) is 59.5 Å². The van der Waals surface area contributed by atoms with Crippen molar-refractivity contribution < 1.29 is 4.42 Å². The molecule has 2 nitrogen and oxygen atoms in total. The molecule has 1 aromatic heterocycles. The van der Waals surface area contributed by atoms with E-state index in [4.69, 9.17) is 4.42 Å². The summed E-state index contributed by atoms with van der Waals surface area (Å²) in [5.41, 5.74) is 5.43. The Bertz CT molecular complexity index is 796. The first kappa shape index (κ1) is 14.5. The minimum atomic E-state index is 0.810. The number of hydrogen-bond acceptors (Lipinski definition) is 2. The van der Waals surface area contributed by atoms with E-state index in [1.165, 1.54) is 16.7 Å². The fourth-order valence-electron chi connectivity index (χ4n) is 2.48. The van der Waals surface area contributed by atoms with Gasteiger partial charge in [0.1, 0.15) is 5.58 Å². The van der Waals surface area contributed by atoms with Gasteiger partial charge in [0.15, 0.2) is 5.76 Å². The largest absolute Gasteiger partial charge is 0.455 e. The Labute approximate surface area is 131 Å². The van der Waals surface area contributed by atoms with Crippen LogP contribution in [-0.2, 0) is 0 Å². The zero-order valence-electron chi connectivity index (χ0n) is 13.1. The van der Waals surface area contributed by atoms with Crippen molar-refractivity contribution in [1.29, 1.82) is 0 Å². The summed E-state index contributed by atoms with van der Waals surface area (Å²) in [6, 6.07) is 16.9. The maximum atomic E-state index is 5.87. The lowest BCUT2D eigenvalue weighted by Gasteiger charge is -2.03. The Hall–Kier alpha value is -2.48. The lowest BCUT2D eigenvalue weighted by atomic mass is 10.0. The average Bonchev–Trinajstić information content (AvgIpc) is 2.96. The average molecular weight is 291 g/mol. The van der Waals surface area contributed by atoms with E-state index >= 15 is 0 Å². The second kappa shape index (κ2) is 6.10. The van der Waals surface area contributed by atoms with Crippen LogP contribution >= 0.6 is 0 Å². The van der Waals surface area contributed by atoms with Crippen molar-refractivity contribution in [2.24, 2.45) is 0 Å². The molecule has 0 amide bonds. The molecule has 0 unspecified atom stereocenters. The smallest absolute Gasteiger partial charge is 0.150 e. The molecule has 0 aliphatic heterocycles. The van der Waals surface area contributed by atoms with Gasteiger partial charge < -0.3 is 9.73 Å². The van der Waals surface area contributed by atoms with Gasteiger partial charge in [-0.25, -0.2) is 0 Å². The molecule has 0 radical (unpaired) electrons. The normalized spacial score (nSPS) is 10.8. The highest BCUT2D eigenvalue weighted by Gasteiger charge is 2.08. The van der Waals surface area contributed by atoms with Gasteiger partial charge in [-0.3, -0.25) is 0 Å². The van der Waals surface area contributed by atoms with Gasteiger partial charge in [-0.05, 0) is 42.7 Å². The van der Waals surface area contributed by atoms with Crippen LogP contribution in [0, 0.1) is 6.92 Å². The highest BCUT2D eigenvalue weighted by atomic mass is 16.3. The van der Waals surface area contributed by atoms with Gasteiger partial charge in [-0.2, -0.15) is 0 Å². The monoisotopic (exact) mass is 291 g/mol. The first-order valence-electron chi connectivity index (χ1n) is 7.71. The van der Waals surface area contributed by atoms with E-state index in [0.717, 1.165) is 35.4 Å². The highest BCUT2D eigenvalue weighted by molar-refractivity contribution is 5.86. The highest BCUT2D eigenvalue weighted by Crippen LogP contribution is 2.28. The summed E-state index contributed by atoms with van der Waals surface area (Å²) in [6.45, 7) is 9.18. The van der Waals surface area contributed by atoms with Gasteiger partial charge in [-0.1, -0.05) is 49.4 Å². The molecule has 3 aromatic rings.